The van der Waals surface area contributed by atoms with Crippen LogP contribution in [0.4, 0.5) is 4.79 Å². The van der Waals surface area contributed by atoms with E-state index in [9.17, 15) is 9.59 Å². The van der Waals surface area contributed by atoms with Crippen molar-refractivity contribution in [1.29, 1.82) is 0 Å². The van der Waals surface area contributed by atoms with Crippen molar-refractivity contribution >= 4 is 12.0 Å². The van der Waals surface area contributed by atoms with Gasteiger partial charge in [0, 0.05) is 24.9 Å². The van der Waals surface area contributed by atoms with Gasteiger partial charge in [0.05, 0.1) is 5.54 Å². The third-order valence-corrected chi connectivity index (χ3v) is 3.11. The van der Waals surface area contributed by atoms with Crippen molar-refractivity contribution in [3.63, 3.8) is 0 Å². The first kappa shape index (κ1) is 19.9. The molecule has 1 heterocycles. The lowest BCUT2D eigenvalue weighted by Crippen LogP contribution is -2.52. The second-order valence-corrected chi connectivity index (χ2v) is 7.46. The number of carbonyl (C=O) groups excluding carboxylic acids is 2. The van der Waals surface area contributed by atoms with E-state index in [4.69, 9.17) is 4.74 Å². The van der Waals surface area contributed by atoms with E-state index in [0.29, 0.717) is 13.0 Å². The minimum Gasteiger partial charge on any atom is -0.444 e. The lowest BCUT2D eigenvalue weighted by molar-refractivity contribution is -0.122. The third-order valence-electron chi connectivity index (χ3n) is 3.11. The summed E-state index contributed by atoms with van der Waals surface area (Å²) in [5.74, 6) is -0.0399. The Hall–Kier alpha value is -2.11. The first-order valence-corrected chi connectivity index (χ1v) is 8.25. The van der Waals surface area contributed by atoms with Crippen molar-refractivity contribution in [2.24, 2.45) is 0 Å². The maximum atomic E-state index is 12.0. The number of aryl methyl sites for hydroxylation is 1. The zero-order valence-electron chi connectivity index (χ0n) is 15.3. The lowest BCUT2D eigenvalue weighted by atomic mass is 10.0. The van der Waals surface area contributed by atoms with Crippen LogP contribution in [0.1, 0.15) is 53.2 Å². The molecule has 0 atom stereocenters. The van der Waals surface area contributed by atoms with E-state index in [1.807, 2.05) is 32.0 Å². The predicted molar refractivity (Wildman–Crippen MR) is 93.6 cm³/mol. The summed E-state index contributed by atoms with van der Waals surface area (Å²) in [7, 11) is 0. The van der Waals surface area contributed by atoms with E-state index >= 15 is 0 Å². The van der Waals surface area contributed by atoms with Gasteiger partial charge in [-0.1, -0.05) is 6.07 Å². The van der Waals surface area contributed by atoms with Crippen LogP contribution < -0.4 is 10.6 Å². The summed E-state index contributed by atoms with van der Waals surface area (Å²) >= 11 is 0. The number of rotatable bonds is 7. The average molecular weight is 335 g/mol. The number of hydrogen-bond donors (Lipinski definition) is 2. The first-order chi connectivity index (χ1) is 11.1. The summed E-state index contributed by atoms with van der Waals surface area (Å²) in [6, 6.07) is 5.76. The number of aromatic nitrogens is 1. The highest BCUT2D eigenvalue weighted by molar-refractivity contribution is 5.76. The molecule has 2 amide bonds. The number of carbonyl (C=O) groups is 2. The van der Waals surface area contributed by atoms with E-state index in [2.05, 4.69) is 15.6 Å². The topological polar surface area (TPSA) is 80.3 Å². The van der Waals surface area contributed by atoms with Crippen molar-refractivity contribution in [1.82, 2.24) is 15.6 Å². The molecule has 0 radical (unpaired) electrons. The molecular formula is C18H29N3O3. The first-order valence-electron chi connectivity index (χ1n) is 8.25. The monoisotopic (exact) mass is 335 g/mol. The molecule has 0 saturated heterocycles. The highest BCUT2D eigenvalue weighted by Gasteiger charge is 2.23. The molecule has 0 fully saturated rings. The molecule has 0 spiro atoms. The Balaban J connectivity index is 2.29. The molecule has 1 rings (SSSR count). The molecule has 6 nitrogen and oxygen atoms in total. The average Bonchev–Trinajstić information content (AvgIpc) is 2.44. The number of nitrogens with zero attached hydrogens (tertiary/aromatic N) is 1. The molecule has 0 aliphatic rings. The van der Waals surface area contributed by atoms with Crippen LogP contribution in [0.15, 0.2) is 24.4 Å². The molecule has 1 aromatic heterocycles. The SMILES string of the molecule is CC(C)(CNC(=O)OC(C)(C)C)NC(=O)CCCc1ccccn1. The van der Waals surface area contributed by atoms with Crippen LogP contribution in [0.2, 0.25) is 0 Å². The Morgan fingerprint density at radius 3 is 2.46 bits per heavy atom. The van der Waals surface area contributed by atoms with Crippen LogP contribution in [-0.2, 0) is 16.0 Å². The van der Waals surface area contributed by atoms with Gasteiger partial charge in [0.2, 0.25) is 5.91 Å². The molecule has 0 aliphatic carbocycles. The molecular weight excluding hydrogens is 306 g/mol. The second kappa shape index (κ2) is 8.66. The van der Waals surface area contributed by atoms with Gasteiger partial charge in [-0.15, -0.1) is 0 Å². The minimum absolute atomic E-state index is 0.0399. The van der Waals surface area contributed by atoms with Gasteiger partial charge in [0.1, 0.15) is 5.60 Å². The molecule has 0 unspecified atom stereocenters. The standard InChI is InChI=1S/C18H29N3O3/c1-17(2,3)24-16(23)20-13-18(4,5)21-15(22)11-8-10-14-9-6-7-12-19-14/h6-7,9,12H,8,10-11,13H2,1-5H3,(H,20,23)(H,21,22). The maximum Gasteiger partial charge on any atom is 0.407 e. The van der Waals surface area contributed by atoms with Gasteiger partial charge >= 0.3 is 6.09 Å². The summed E-state index contributed by atoms with van der Waals surface area (Å²) in [4.78, 5) is 27.9. The fourth-order valence-corrected chi connectivity index (χ4v) is 2.07. The highest BCUT2D eigenvalue weighted by Crippen LogP contribution is 2.08. The Kier molecular flexibility index (Phi) is 7.19. The van der Waals surface area contributed by atoms with Gasteiger partial charge in [-0.3, -0.25) is 9.78 Å². The fourth-order valence-electron chi connectivity index (χ4n) is 2.07. The quantitative estimate of drug-likeness (QED) is 0.803. The van der Waals surface area contributed by atoms with Crippen molar-refractivity contribution in [2.45, 2.75) is 65.0 Å². The van der Waals surface area contributed by atoms with Crippen molar-refractivity contribution in [3.8, 4) is 0 Å². The summed E-state index contributed by atoms with van der Waals surface area (Å²) in [5, 5.41) is 5.61. The van der Waals surface area contributed by atoms with Crippen molar-refractivity contribution in [2.75, 3.05) is 6.54 Å². The summed E-state index contributed by atoms with van der Waals surface area (Å²) < 4.78 is 5.18. The van der Waals surface area contributed by atoms with Gasteiger partial charge in [-0.05, 0) is 59.6 Å². The molecule has 0 saturated carbocycles. The van der Waals surface area contributed by atoms with E-state index < -0.39 is 17.2 Å². The van der Waals surface area contributed by atoms with Gasteiger partial charge < -0.3 is 15.4 Å². The van der Waals surface area contributed by atoms with Crippen LogP contribution in [0.3, 0.4) is 0 Å². The third kappa shape index (κ3) is 9.12. The van der Waals surface area contributed by atoms with Crippen LogP contribution in [0, 0.1) is 0 Å². The molecule has 2 N–H and O–H groups in total. The number of hydrogen-bond acceptors (Lipinski definition) is 4. The van der Waals surface area contributed by atoms with Crippen LogP contribution in [0.5, 0.6) is 0 Å². The van der Waals surface area contributed by atoms with E-state index in [-0.39, 0.29) is 5.91 Å². The van der Waals surface area contributed by atoms with Gasteiger partial charge in [0.15, 0.2) is 0 Å². The molecule has 134 valence electrons. The Morgan fingerprint density at radius 2 is 1.88 bits per heavy atom. The van der Waals surface area contributed by atoms with Crippen LogP contribution >= 0.6 is 0 Å². The predicted octanol–water partition coefficient (Wildman–Crippen LogP) is 2.82. The summed E-state index contributed by atoms with van der Waals surface area (Å²) in [6.07, 6.45) is 3.19. The van der Waals surface area contributed by atoms with E-state index in [1.165, 1.54) is 0 Å². The van der Waals surface area contributed by atoms with Gasteiger partial charge in [-0.25, -0.2) is 4.79 Å². The van der Waals surface area contributed by atoms with Crippen molar-refractivity contribution < 1.29 is 14.3 Å². The zero-order valence-corrected chi connectivity index (χ0v) is 15.3. The molecule has 1 aromatic rings. The summed E-state index contributed by atoms with van der Waals surface area (Å²) in [6.45, 7) is 9.44. The number of nitrogens with one attached hydrogen (secondary N) is 2. The van der Waals surface area contributed by atoms with E-state index in [0.717, 1.165) is 18.5 Å². The lowest BCUT2D eigenvalue weighted by Gasteiger charge is -2.27. The minimum atomic E-state index is -0.543. The van der Waals surface area contributed by atoms with Gasteiger partial charge in [-0.2, -0.15) is 0 Å². The molecule has 0 aliphatic heterocycles. The molecule has 0 bridgehead atoms. The largest absolute Gasteiger partial charge is 0.444 e. The Morgan fingerprint density at radius 1 is 1.17 bits per heavy atom. The number of pyridine rings is 1. The van der Waals surface area contributed by atoms with Gasteiger partial charge in [0.25, 0.3) is 0 Å². The number of alkyl carbamates (subject to hydrolysis) is 1. The smallest absolute Gasteiger partial charge is 0.407 e. The van der Waals surface area contributed by atoms with E-state index in [1.54, 1.807) is 27.0 Å². The Bertz CT molecular complexity index is 536. The molecule has 0 aromatic carbocycles. The number of ether oxygens (including phenoxy) is 1. The van der Waals surface area contributed by atoms with Crippen molar-refractivity contribution in [3.05, 3.63) is 30.1 Å². The summed E-state index contributed by atoms with van der Waals surface area (Å²) in [5.41, 5.74) is -0.0989. The number of amides is 2. The maximum absolute atomic E-state index is 12.0. The second-order valence-electron chi connectivity index (χ2n) is 7.46. The molecule has 24 heavy (non-hydrogen) atoms. The fraction of sp³-hybridized carbons (Fsp3) is 0.611. The normalized spacial score (nSPS) is 11.7. The zero-order chi connectivity index (χ0) is 18.2. The van der Waals surface area contributed by atoms with Crippen LogP contribution in [0.25, 0.3) is 0 Å². The Labute approximate surface area is 144 Å². The molecule has 6 heteroatoms. The highest BCUT2D eigenvalue weighted by atomic mass is 16.6. The van der Waals surface area contributed by atoms with Crippen LogP contribution in [-0.4, -0.2) is 34.7 Å².